The van der Waals surface area contributed by atoms with Crippen molar-refractivity contribution in [3.05, 3.63) is 41.0 Å². The van der Waals surface area contributed by atoms with Crippen molar-refractivity contribution in [2.45, 2.75) is 19.8 Å². The van der Waals surface area contributed by atoms with Crippen LogP contribution < -0.4 is 9.47 Å². The molecule has 3 rings (SSSR count). The number of nitrogens with zero attached hydrogens (tertiary/aromatic N) is 2. The van der Waals surface area contributed by atoms with Crippen LogP contribution in [0.4, 0.5) is 0 Å². The van der Waals surface area contributed by atoms with Gasteiger partial charge in [0.25, 0.3) is 0 Å². The van der Waals surface area contributed by atoms with Gasteiger partial charge in [-0.2, -0.15) is 5.26 Å². The second kappa shape index (κ2) is 4.65. The molecular weight excluding hydrogens is 242 g/mol. The first-order valence-electron chi connectivity index (χ1n) is 6.10. The zero-order chi connectivity index (χ0) is 13.2. The maximum Gasteiger partial charge on any atom is 0.231 e. The first-order valence-corrected chi connectivity index (χ1v) is 6.10. The molecule has 0 aliphatic carbocycles. The normalized spacial score (nSPS) is 12.4. The van der Waals surface area contributed by atoms with Crippen LogP contribution in [0.15, 0.2) is 18.2 Å². The minimum atomic E-state index is 0.289. The molecule has 0 amide bonds. The molecule has 2 heterocycles. The SMILES string of the molecule is Cc1nc(C#N)c(CCc2ccc3c(c2)OCO3)[nH]1. The molecule has 0 saturated carbocycles. The van der Waals surface area contributed by atoms with E-state index in [1.165, 1.54) is 0 Å². The lowest BCUT2D eigenvalue weighted by molar-refractivity contribution is 0.174. The summed E-state index contributed by atoms with van der Waals surface area (Å²) in [4.78, 5) is 7.27. The fourth-order valence-electron chi connectivity index (χ4n) is 2.18. The summed E-state index contributed by atoms with van der Waals surface area (Å²) in [5, 5.41) is 8.99. The van der Waals surface area contributed by atoms with E-state index in [2.05, 4.69) is 16.0 Å². The number of fused-ring (bicyclic) bond motifs is 1. The first kappa shape index (κ1) is 11.6. The number of nitriles is 1. The maximum atomic E-state index is 8.99. The summed E-state index contributed by atoms with van der Waals surface area (Å²) in [7, 11) is 0. The average Bonchev–Trinajstić information content (AvgIpc) is 3.01. The highest BCUT2D eigenvalue weighted by Gasteiger charge is 2.14. The lowest BCUT2D eigenvalue weighted by Crippen LogP contribution is -1.95. The summed E-state index contributed by atoms with van der Waals surface area (Å²) in [6.07, 6.45) is 1.58. The fraction of sp³-hybridized carbons (Fsp3) is 0.286. The van der Waals surface area contributed by atoms with Gasteiger partial charge in [-0.05, 0) is 37.5 Å². The highest BCUT2D eigenvalue weighted by Crippen LogP contribution is 2.32. The Hall–Kier alpha value is -2.48. The zero-order valence-corrected chi connectivity index (χ0v) is 10.6. The third kappa shape index (κ3) is 2.25. The monoisotopic (exact) mass is 255 g/mol. The van der Waals surface area contributed by atoms with Gasteiger partial charge in [0.1, 0.15) is 11.9 Å². The van der Waals surface area contributed by atoms with Crippen molar-refractivity contribution in [1.82, 2.24) is 9.97 Å². The Morgan fingerprint density at radius 3 is 3.00 bits per heavy atom. The molecule has 1 aliphatic rings. The topological polar surface area (TPSA) is 70.9 Å². The number of aromatic amines is 1. The van der Waals surface area contributed by atoms with E-state index in [-0.39, 0.29) is 6.79 Å². The fourth-order valence-corrected chi connectivity index (χ4v) is 2.18. The predicted molar refractivity (Wildman–Crippen MR) is 68.0 cm³/mol. The quantitative estimate of drug-likeness (QED) is 0.911. The van der Waals surface area contributed by atoms with Gasteiger partial charge in [0.2, 0.25) is 6.79 Å². The molecule has 0 saturated heterocycles. The van der Waals surface area contributed by atoms with Crippen molar-refractivity contribution in [2.75, 3.05) is 6.79 Å². The molecule has 0 radical (unpaired) electrons. The zero-order valence-electron chi connectivity index (χ0n) is 10.6. The Bertz CT molecular complexity index is 655. The molecule has 2 aromatic rings. The van der Waals surface area contributed by atoms with Crippen LogP contribution in [0.25, 0.3) is 0 Å². The molecule has 0 fully saturated rings. The average molecular weight is 255 g/mol. The van der Waals surface area contributed by atoms with Crippen molar-refractivity contribution in [3.8, 4) is 17.6 Å². The van der Waals surface area contributed by atoms with Crippen LogP contribution >= 0.6 is 0 Å². The highest BCUT2D eigenvalue weighted by molar-refractivity contribution is 5.44. The molecule has 0 atom stereocenters. The lowest BCUT2D eigenvalue weighted by atomic mass is 10.1. The smallest absolute Gasteiger partial charge is 0.231 e. The van der Waals surface area contributed by atoms with Gasteiger partial charge >= 0.3 is 0 Å². The number of ether oxygens (including phenoxy) is 2. The van der Waals surface area contributed by atoms with Gasteiger partial charge in [-0.3, -0.25) is 0 Å². The largest absolute Gasteiger partial charge is 0.454 e. The Labute approximate surface area is 110 Å². The maximum absolute atomic E-state index is 8.99. The molecular formula is C14H13N3O2. The Balaban J connectivity index is 1.74. The van der Waals surface area contributed by atoms with Gasteiger partial charge in [0.05, 0.1) is 5.69 Å². The number of imidazole rings is 1. The van der Waals surface area contributed by atoms with Crippen LogP contribution in [0.1, 0.15) is 22.8 Å². The second-order valence-electron chi connectivity index (χ2n) is 4.45. The predicted octanol–water partition coefficient (Wildman–Crippen LogP) is 2.10. The van der Waals surface area contributed by atoms with Crippen molar-refractivity contribution in [1.29, 1.82) is 5.26 Å². The van der Waals surface area contributed by atoms with E-state index in [1.807, 2.05) is 25.1 Å². The van der Waals surface area contributed by atoms with Crippen molar-refractivity contribution in [2.24, 2.45) is 0 Å². The van der Waals surface area contributed by atoms with Crippen LogP contribution in [-0.4, -0.2) is 16.8 Å². The minimum absolute atomic E-state index is 0.289. The third-order valence-corrected chi connectivity index (χ3v) is 3.10. The highest BCUT2D eigenvalue weighted by atomic mass is 16.7. The molecule has 1 aromatic heterocycles. The second-order valence-corrected chi connectivity index (χ2v) is 4.45. The third-order valence-electron chi connectivity index (χ3n) is 3.10. The van der Waals surface area contributed by atoms with Gasteiger partial charge in [-0.1, -0.05) is 6.07 Å². The van der Waals surface area contributed by atoms with Gasteiger partial charge in [0, 0.05) is 0 Å². The Kier molecular flexibility index (Phi) is 2.84. The van der Waals surface area contributed by atoms with Crippen LogP contribution in [0.5, 0.6) is 11.5 Å². The molecule has 0 spiro atoms. The van der Waals surface area contributed by atoms with Crippen LogP contribution in [0.3, 0.4) is 0 Å². The molecule has 0 unspecified atom stereocenters. The Morgan fingerprint density at radius 1 is 1.32 bits per heavy atom. The summed E-state index contributed by atoms with van der Waals surface area (Å²) < 4.78 is 10.6. The lowest BCUT2D eigenvalue weighted by Gasteiger charge is -2.02. The van der Waals surface area contributed by atoms with Gasteiger partial charge < -0.3 is 14.5 Å². The number of aromatic nitrogens is 2. The van der Waals surface area contributed by atoms with Gasteiger partial charge in [-0.25, -0.2) is 4.98 Å². The number of H-pyrrole nitrogens is 1. The van der Waals surface area contributed by atoms with E-state index in [9.17, 15) is 0 Å². The molecule has 1 N–H and O–H groups in total. The molecule has 1 aliphatic heterocycles. The van der Waals surface area contributed by atoms with E-state index in [0.717, 1.165) is 41.4 Å². The molecule has 19 heavy (non-hydrogen) atoms. The summed E-state index contributed by atoms with van der Waals surface area (Å²) in [5.74, 6) is 2.36. The first-order chi connectivity index (χ1) is 9.26. The summed E-state index contributed by atoms with van der Waals surface area (Å²) in [6.45, 7) is 2.14. The van der Waals surface area contributed by atoms with Crippen molar-refractivity contribution in [3.63, 3.8) is 0 Å². The van der Waals surface area contributed by atoms with E-state index in [0.29, 0.717) is 5.69 Å². The standard InChI is InChI=1S/C14H13N3O2/c1-9-16-11(12(7-15)17-9)4-2-10-3-5-13-14(6-10)19-8-18-13/h3,5-6H,2,4,8H2,1H3,(H,16,17). The Morgan fingerprint density at radius 2 is 2.16 bits per heavy atom. The van der Waals surface area contributed by atoms with Crippen LogP contribution in [0.2, 0.25) is 0 Å². The minimum Gasteiger partial charge on any atom is -0.454 e. The number of rotatable bonds is 3. The molecule has 0 bridgehead atoms. The molecule has 5 nitrogen and oxygen atoms in total. The number of benzene rings is 1. The molecule has 96 valence electrons. The van der Waals surface area contributed by atoms with E-state index < -0.39 is 0 Å². The van der Waals surface area contributed by atoms with Crippen molar-refractivity contribution >= 4 is 0 Å². The van der Waals surface area contributed by atoms with Gasteiger partial charge in [0.15, 0.2) is 17.2 Å². The molecule has 1 aromatic carbocycles. The summed E-state index contributed by atoms with van der Waals surface area (Å²) >= 11 is 0. The van der Waals surface area contributed by atoms with E-state index in [1.54, 1.807) is 0 Å². The summed E-state index contributed by atoms with van der Waals surface area (Å²) in [6, 6.07) is 8.03. The van der Waals surface area contributed by atoms with E-state index >= 15 is 0 Å². The number of aryl methyl sites for hydroxylation is 3. The number of hydrogen-bond acceptors (Lipinski definition) is 4. The number of hydrogen-bond donors (Lipinski definition) is 1. The van der Waals surface area contributed by atoms with Gasteiger partial charge in [-0.15, -0.1) is 0 Å². The molecule has 5 heteroatoms. The number of nitrogens with one attached hydrogen (secondary N) is 1. The summed E-state index contributed by atoms with van der Waals surface area (Å²) in [5.41, 5.74) is 2.52. The van der Waals surface area contributed by atoms with E-state index in [4.69, 9.17) is 14.7 Å². The van der Waals surface area contributed by atoms with Crippen LogP contribution in [-0.2, 0) is 12.8 Å². The van der Waals surface area contributed by atoms with Crippen molar-refractivity contribution < 1.29 is 9.47 Å². The van der Waals surface area contributed by atoms with Crippen LogP contribution in [0, 0.1) is 18.3 Å².